The molecule has 0 bridgehead atoms. The number of esters is 5. The largest absolute Gasteiger partial charge is 0.481 e. The minimum absolute atomic E-state index is 0.00970. The van der Waals surface area contributed by atoms with E-state index in [4.69, 9.17) is 45.4 Å². The van der Waals surface area contributed by atoms with Crippen LogP contribution in [0.4, 0.5) is 0 Å². The second-order valence-electron chi connectivity index (χ2n) is 20.8. The molecule has 72 heavy (non-hydrogen) atoms. The van der Waals surface area contributed by atoms with Crippen molar-refractivity contribution in [2.75, 3.05) is 79.1 Å². The molecular weight excluding hydrogens is 987 g/mol. The number of aliphatic carboxylic acids is 1. The number of carboxylic acids is 1. The van der Waals surface area contributed by atoms with E-state index < -0.39 is 74.6 Å². The van der Waals surface area contributed by atoms with Gasteiger partial charge in [-0.3, -0.25) is 28.8 Å². The molecule has 10 atom stereocenters. The summed E-state index contributed by atoms with van der Waals surface area (Å²) in [6.45, 7) is 25.0. The van der Waals surface area contributed by atoms with Gasteiger partial charge in [0, 0.05) is 32.4 Å². The summed E-state index contributed by atoms with van der Waals surface area (Å²) < 4.78 is 40.9. The number of unbranched alkanes of at least 4 members (excludes halogenated alkanes) is 1. The fourth-order valence-corrected chi connectivity index (χ4v) is 12.8. The lowest BCUT2D eigenvalue weighted by molar-refractivity contribution is -0.277. The number of carbonyl (C=O) groups excluding carboxylic acids is 5. The minimum atomic E-state index is -1.74. The Hall–Kier alpha value is -3.06. The summed E-state index contributed by atoms with van der Waals surface area (Å²) in [4.78, 5) is 87.1. The van der Waals surface area contributed by atoms with Crippen LogP contribution in [0, 0.1) is 44.8 Å². The van der Waals surface area contributed by atoms with Crippen LogP contribution in [0.25, 0.3) is 0 Å². The zero-order chi connectivity index (χ0) is 55.1. The number of hydrogen-bond donors (Lipinski definition) is 1. The first-order chi connectivity index (χ1) is 33.6. The molecule has 1 heterocycles. The van der Waals surface area contributed by atoms with E-state index in [-0.39, 0.29) is 89.5 Å². The Morgan fingerprint density at radius 1 is 0.736 bits per heavy atom. The van der Waals surface area contributed by atoms with Crippen molar-refractivity contribution in [2.45, 2.75) is 171 Å². The summed E-state index contributed by atoms with van der Waals surface area (Å²) >= 11 is 8.23. The molecule has 0 amide bonds. The number of hydrogen-bond acceptors (Lipinski definition) is 19. The van der Waals surface area contributed by atoms with E-state index in [0.29, 0.717) is 48.3 Å². The molecule has 0 radical (unpaired) electrons. The number of likely N-dealkylation sites (N-methyl/N-ethyl adjacent to an activating group) is 2. The van der Waals surface area contributed by atoms with Crippen molar-refractivity contribution in [3.8, 4) is 6.07 Å². The molecule has 0 aromatic carbocycles. The standard InChI is InChI=1S/C52H89N3O14S3/c1-16-21-26-64-46(62)52(13,72-47(70)71-20-5)34-51(12,45(61)66-28-25-55(18-3)19-4)33-50(11,44(60)65-27-24-54(14)15)32-49(10,31-48(9,35-53)23-22-40(57)58)43(59)67-30-29-63-42-41(68-38(8)56)37(7)36(6)39(17-2)69-42/h36-37,39,41-42H,16-34H2,1-15H3,(H,57,58). The monoisotopic (exact) mass is 1080 g/mol. The van der Waals surface area contributed by atoms with E-state index in [9.17, 15) is 39.1 Å². The van der Waals surface area contributed by atoms with Crippen LogP contribution >= 0.6 is 35.7 Å². The van der Waals surface area contributed by atoms with E-state index in [1.165, 1.54) is 18.7 Å². The lowest BCUT2D eigenvalue weighted by Crippen LogP contribution is -2.52. The van der Waals surface area contributed by atoms with E-state index in [0.717, 1.165) is 18.2 Å². The highest BCUT2D eigenvalue weighted by Gasteiger charge is 2.56. The van der Waals surface area contributed by atoms with Gasteiger partial charge in [0.25, 0.3) is 0 Å². The molecule has 1 aliphatic rings. The van der Waals surface area contributed by atoms with Crippen molar-refractivity contribution in [1.82, 2.24) is 9.80 Å². The fourth-order valence-electron chi connectivity index (χ4n) is 9.62. The molecule has 1 rings (SSSR count). The third-order valence-corrected chi connectivity index (χ3v) is 16.2. The Balaban J connectivity index is 4.09. The quantitative estimate of drug-likeness (QED) is 0.0276. The number of thiocarbonyl (C=S) groups is 1. The van der Waals surface area contributed by atoms with Crippen LogP contribution in [0.1, 0.15) is 148 Å². The zero-order valence-corrected chi connectivity index (χ0v) is 48.6. The second kappa shape index (κ2) is 31.7. The Kier molecular flexibility index (Phi) is 29.5. The van der Waals surface area contributed by atoms with Gasteiger partial charge < -0.3 is 48.1 Å². The van der Waals surface area contributed by atoms with Crippen LogP contribution in [0.2, 0.25) is 0 Å². The van der Waals surface area contributed by atoms with E-state index in [1.54, 1.807) is 34.6 Å². The Morgan fingerprint density at radius 2 is 1.26 bits per heavy atom. The second-order valence-corrected chi connectivity index (χ2v) is 24.8. The third-order valence-electron chi connectivity index (χ3n) is 13.6. The summed E-state index contributed by atoms with van der Waals surface area (Å²) in [5.41, 5.74) is -6.54. The Labute approximate surface area is 444 Å². The maximum absolute atomic E-state index is 15.0. The molecule has 1 aliphatic heterocycles. The van der Waals surface area contributed by atoms with Crippen LogP contribution in [-0.4, -0.2) is 157 Å². The Morgan fingerprint density at radius 3 is 1.75 bits per heavy atom. The molecule has 414 valence electrons. The van der Waals surface area contributed by atoms with Gasteiger partial charge in [-0.25, -0.2) is 0 Å². The SMILES string of the molecule is CCCCOC(=O)C(C)(CC(C)(CC(C)(CC(C)(CC(C)(C#N)CCC(=O)O)C(=O)OCCOC1OC(CC)C(C)C(C)C1OC(C)=O)C(=O)OCCN(C)C)C(=O)OCCN(CC)CC)SC(=S)SCC. The zero-order valence-electron chi connectivity index (χ0n) is 46.1. The highest BCUT2D eigenvalue weighted by atomic mass is 32.2. The van der Waals surface area contributed by atoms with Gasteiger partial charge in [0.05, 0.1) is 47.0 Å². The number of nitriles is 1. The van der Waals surface area contributed by atoms with Gasteiger partial charge in [-0.15, -0.1) is 11.8 Å². The average molecular weight is 1080 g/mol. The van der Waals surface area contributed by atoms with E-state index >= 15 is 0 Å². The van der Waals surface area contributed by atoms with Crippen molar-refractivity contribution in [3.05, 3.63) is 0 Å². The molecular formula is C52H89N3O14S3. The molecule has 0 saturated carbocycles. The van der Waals surface area contributed by atoms with Gasteiger partial charge in [-0.05, 0) is 118 Å². The summed E-state index contributed by atoms with van der Waals surface area (Å²) in [7, 11) is 3.63. The first-order valence-corrected chi connectivity index (χ1v) is 27.8. The molecule has 1 N–H and O–H groups in total. The smallest absolute Gasteiger partial charge is 0.322 e. The fraction of sp³-hybridized carbons (Fsp3) is 0.846. The normalized spacial score (nSPS) is 22.1. The molecule has 1 saturated heterocycles. The number of thioether (sulfide) groups is 2. The lowest BCUT2D eigenvalue weighted by atomic mass is 9.60. The molecule has 0 spiro atoms. The third kappa shape index (κ3) is 21.7. The van der Waals surface area contributed by atoms with Crippen molar-refractivity contribution >= 4 is 75.1 Å². The predicted octanol–water partition coefficient (Wildman–Crippen LogP) is 8.72. The van der Waals surface area contributed by atoms with Crippen molar-refractivity contribution in [3.63, 3.8) is 0 Å². The van der Waals surface area contributed by atoms with Crippen LogP contribution in [0.3, 0.4) is 0 Å². The Bertz CT molecular complexity index is 1820. The highest BCUT2D eigenvalue weighted by Crippen LogP contribution is 2.53. The molecule has 10 unspecified atom stereocenters. The topological polar surface area (TPSA) is 218 Å². The van der Waals surface area contributed by atoms with Crippen LogP contribution in [0.15, 0.2) is 0 Å². The first kappa shape index (κ1) is 67.0. The molecule has 1 fully saturated rings. The minimum Gasteiger partial charge on any atom is -0.481 e. The van der Waals surface area contributed by atoms with E-state index in [2.05, 4.69) is 11.0 Å². The van der Waals surface area contributed by atoms with Crippen molar-refractivity contribution < 1.29 is 67.0 Å². The number of nitrogens with zero attached hydrogens (tertiary/aromatic N) is 3. The van der Waals surface area contributed by atoms with Gasteiger partial charge in [-0.2, -0.15) is 5.26 Å². The van der Waals surface area contributed by atoms with Gasteiger partial charge in [0.15, 0.2) is 12.4 Å². The van der Waals surface area contributed by atoms with Gasteiger partial charge in [0.2, 0.25) is 0 Å². The van der Waals surface area contributed by atoms with Gasteiger partial charge in [-0.1, -0.05) is 78.9 Å². The maximum atomic E-state index is 15.0. The molecule has 0 aromatic rings. The summed E-state index contributed by atoms with van der Waals surface area (Å²) in [5.74, 6) is -3.94. The molecule has 0 aromatic heterocycles. The van der Waals surface area contributed by atoms with E-state index in [1.807, 2.05) is 67.5 Å². The highest BCUT2D eigenvalue weighted by molar-refractivity contribution is 8.47. The summed E-state index contributed by atoms with van der Waals surface area (Å²) in [6.07, 6.45) is -1.46. The lowest BCUT2D eigenvalue weighted by Gasteiger charge is -2.44. The van der Waals surface area contributed by atoms with Crippen LogP contribution in [0.5, 0.6) is 0 Å². The van der Waals surface area contributed by atoms with Crippen LogP contribution < -0.4 is 0 Å². The maximum Gasteiger partial charge on any atom is 0.322 e. The molecule has 17 nitrogen and oxygen atoms in total. The van der Waals surface area contributed by atoms with Gasteiger partial charge in [0.1, 0.15) is 28.1 Å². The summed E-state index contributed by atoms with van der Waals surface area (Å²) in [6, 6.07) is 2.23. The van der Waals surface area contributed by atoms with Crippen LogP contribution in [-0.2, 0) is 61.9 Å². The number of ether oxygens (including phenoxy) is 7. The average Bonchev–Trinajstić information content (AvgIpc) is 3.30. The first-order valence-electron chi connectivity index (χ1n) is 25.6. The predicted molar refractivity (Wildman–Crippen MR) is 284 cm³/mol. The molecule has 0 aliphatic carbocycles. The van der Waals surface area contributed by atoms with Gasteiger partial charge >= 0.3 is 35.8 Å². The molecule has 20 heteroatoms. The van der Waals surface area contributed by atoms with Crippen molar-refractivity contribution in [1.29, 1.82) is 5.26 Å². The summed E-state index contributed by atoms with van der Waals surface area (Å²) in [5, 5.41) is 20.4. The number of carbonyl (C=O) groups is 6. The van der Waals surface area contributed by atoms with Crippen molar-refractivity contribution in [2.24, 2.45) is 33.5 Å². The number of carboxylic acid groups (broad SMARTS) is 1. The number of rotatable bonds is 34.